The second kappa shape index (κ2) is 7.98. The molecule has 116 valence electrons. The summed E-state index contributed by atoms with van der Waals surface area (Å²) in [6, 6.07) is 3.62. The van der Waals surface area contributed by atoms with Crippen molar-refractivity contribution in [3.05, 3.63) is 23.9 Å². The monoisotopic (exact) mass is 290 g/mol. The Morgan fingerprint density at radius 3 is 2.81 bits per heavy atom. The smallest absolute Gasteiger partial charge is 0.255 e. The lowest BCUT2D eigenvalue weighted by atomic mass is 9.97. The number of carbonyl (C=O) groups is 1. The van der Waals surface area contributed by atoms with Crippen molar-refractivity contribution in [1.82, 2.24) is 15.2 Å². The van der Waals surface area contributed by atoms with Gasteiger partial charge in [-0.25, -0.2) is 4.98 Å². The van der Waals surface area contributed by atoms with E-state index >= 15 is 0 Å². The van der Waals surface area contributed by atoms with Gasteiger partial charge in [-0.15, -0.1) is 0 Å². The first-order chi connectivity index (χ1) is 10.2. The summed E-state index contributed by atoms with van der Waals surface area (Å²) >= 11 is 0. The standard InChI is InChI=1S/C16H26N4O/c1-3-17-15-14(6-5-9-18-15)16(21)19-12-13-7-10-20(4-2)11-8-13/h5-6,9,13H,3-4,7-8,10-12H2,1-2H3,(H,17,18)(H,19,21). The predicted octanol–water partition coefficient (Wildman–Crippen LogP) is 1.98. The van der Waals surface area contributed by atoms with E-state index in [2.05, 4.69) is 27.4 Å². The Kier molecular flexibility index (Phi) is 5.99. The molecule has 1 fully saturated rings. The van der Waals surface area contributed by atoms with E-state index < -0.39 is 0 Å². The van der Waals surface area contributed by atoms with E-state index in [0.717, 1.165) is 32.7 Å². The van der Waals surface area contributed by atoms with Crippen molar-refractivity contribution in [1.29, 1.82) is 0 Å². The van der Waals surface area contributed by atoms with Gasteiger partial charge >= 0.3 is 0 Å². The Hall–Kier alpha value is -1.62. The van der Waals surface area contributed by atoms with E-state index in [-0.39, 0.29) is 5.91 Å². The van der Waals surface area contributed by atoms with Gasteiger partial charge in [-0.3, -0.25) is 4.79 Å². The summed E-state index contributed by atoms with van der Waals surface area (Å²) in [4.78, 5) is 19.0. The minimum Gasteiger partial charge on any atom is -0.370 e. The molecule has 1 aromatic heterocycles. The van der Waals surface area contributed by atoms with E-state index in [1.54, 1.807) is 12.3 Å². The fraction of sp³-hybridized carbons (Fsp3) is 0.625. The van der Waals surface area contributed by atoms with Crippen molar-refractivity contribution >= 4 is 11.7 Å². The van der Waals surface area contributed by atoms with Gasteiger partial charge in [0, 0.05) is 19.3 Å². The normalized spacial score (nSPS) is 16.7. The van der Waals surface area contributed by atoms with Crippen LogP contribution in [0, 0.1) is 5.92 Å². The van der Waals surface area contributed by atoms with Crippen LogP contribution in [0.1, 0.15) is 37.0 Å². The summed E-state index contributed by atoms with van der Waals surface area (Å²) in [6.45, 7) is 9.13. The number of likely N-dealkylation sites (tertiary alicyclic amines) is 1. The van der Waals surface area contributed by atoms with Gasteiger partial charge in [0.2, 0.25) is 0 Å². The number of aromatic nitrogens is 1. The minimum absolute atomic E-state index is 0.0306. The summed E-state index contributed by atoms with van der Waals surface area (Å²) in [5, 5.41) is 6.19. The van der Waals surface area contributed by atoms with Gasteiger partial charge in [0.1, 0.15) is 5.82 Å². The molecular weight excluding hydrogens is 264 g/mol. The van der Waals surface area contributed by atoms with Crippen LogP contribution in [0.5, 0.6) is 0 Å². The molecule has 1 saturated heterocycles. The highest BCUT2D eigenvalue weighted by Crippen LogP contribution is 2.16. The van der Waals surface area contributed by atoms with Gasteiger partial charge in [-0.2, -0.15) is 0 Å². The Labute approximate surface area is 127 Å². The second-order valence-corrected chi connectivity index (χ2v) is 5.52. The number of piperidine rings is 1. The third-order valence-corrected chi connectivity index (χ3v) is 4.10. The number of anilines is 1. The highest BCUT2D eigenvalue weighted by atomic mass is 16.1. The summed E-state index contributed by atoms with van der Waals surface area (Å²) in [5.74, 6) is 1.23. The van der Waals surface area contributed by atoms with Crippen LogP contribution in [-0.2, 0) is 0 Å². The van der Waals surface area contributed by atoms with E-state index in [1.165, 1.54) is 12.8 Å². The lowest BCUT2D eigenvalue weighted by molar-refractivity contribution is 0.0937. The zero-order chi connectivity index (χ0) is 15.1. The molecule has 0 bridgehead atoms. The molecule has 0 atom stereocenters. The lowest BCUT2D eigenvalue weighted by Crippen LogP contribution is -2.38. The number of rotatable bonds is 6. The molecule has 0 unspecified atom stereocenters. The molecule has 2 N–H and O–H groups in total. The van der Waals surface area contributed by atoms with E-state index in [1.807, 2.05) is 13.0 Å². The number of carbonyl (C=O) groups excluding carboxylic acids is 1. The van der Waals surface area contributed by atoms with Crippen LogP contribution in [0.25, 0.3) is 0 Å². The molecule has 0 aromatic carbocycles. The first kappa shape index (κ1) is 15.8. The summed E-state index contributed by atoms with van der Waals surface area (Å²) in [6.07, 6.45) is 4.04. The van der Waals surface area contributed by atoms with Gasteiger partial charge in [0.15, 0.2) is 0 Å². The second-order valence-electron chi connectivity index (χ2n) is 5.52. The van der Waals surface area contributed by atoms with Gasteiger partial charge < -0.3 is 15.5 Å². The van der Waals surface area contributed by atoms with Crippen LogP contribution < -0.4 is 10.6 Å². The molecular formula is C16H26N4O. The molecule has 5 heteroatoms. The third-order valence-electron chi connectivity index (χ3n) is 4.10. The molecule has 0 radical (unpaired) electrons. The highest BCUT2D eigenvalue weighted by Gasteiger charge is 2.19. The maximum Gasteiger partial charge on any atom is 0.255 e. The van der Waals surface area contributed by atoms with Gasteiger partial charge in [-0.05, 0) is 57.5 Å². The summed E-state index contributed by atoms with van der Waals surface area (Å²) in [7, 11) is 0. The SMILES string of the molecule is CCNc1ncccc1C(=O)NCC1CCN(CC)CC1. The Morgan fingerprint density at radius 1 is 1.38 bits per heavy atom. The molecule has 0 aliphatic carbocycles. The quantitative estimate of drug-likeness (QED) is 0.841. The molecule has 21 heavy (non-hydrogen) atoms. The fourth-order valence-corrected chi connectivity index (χ4v) is 2.74. The molecule has 1 aliphatic rings. The molecule has 1 aliphatic heterocycles. The fourth-order valence-electron chi connectivity index (χ4n) is 2.74. The zero-order valence-corrected chi connectivity index (χ0v) is 13.1. The van der Waals surface area contributed by atoms with Crippen molar-refractivity contribution < 1.29 is 4.79 Å². The van der Waals surface area contributed by atoms with E-state index in [0.29, 0.717) is 17.3 Å². The van der Waals surface area contributed by atoms with Crippen LogP contribution in [0.4, 0.5) is 5.82 Å². The number of hydrogen-bond acceptors (Lipinski definition) is 4. The van der Waals surface area contributed by atoms with Crippen molar-refractivity contribution in [3.8, 4) is 0 Å². The highest BCUT2D eigenvalue weighted by molar-refractivity contribution is 5.98. The Balaban J connectivity index is 1.85. The van der Waals surface area contributed by atoms with Gasteiger partial charge in [0.25, 0.3) is 5.91 Å². The number of amides is 1. The van der Waals surface area contributed by atoms with Crippen LogP contribution >= 0.6 is 0 Å². The number of hydrogen-bond donors (Lipinski definition) is 2. The minimum atomic E-state index is -0.0306. The van der Waals surface area contributed by atoms with Crippen molar-refractivity contribution in [2.75, 3.05) is 38.0 Å². The van der Waals surface area contributed by atoms with E-state index in [4.69, 9.17) is 0 Å². The number of nitrogens with one attached hydrogen (secondary N) is 2. The van der Waals surface area contributed by atoms with Crippen LogP contribution in [-0.4, -0.2) is 48.5 Å². The number of nitrogens with zero attached hydrogens (tertiary/aromatic N) is 2. The van der Waals surface area contributed by atoms with Crippen molar-refractivity contribution in [2.45, 2.75) is 26.7 Å². The van der Waals surface area contributed by atoms with Crippen LogP contribution in [0.2, 0.25) is 0 Å². The van der Waals surface area contributed by atoms with Crippen LogP contribution in [0.3, 0.4) is 0 Å². The van der Waals surface area contributed by atoms with E-state index in [9.17, 15) is 4.79 Å². The lowest BCUT2D eigenvalue weighted by Gasteiger charge is -2.31. The Morgan fingerprint density at radius 2 is 2.14 bits per heavy atom. The van der Waals surface area contributed by atoms with Gasteiger partial charge in [0.05, 0.1) is 5.56 Å². The summed E-state index contributed by atoms with van der Waals surface area (Å²) < 4.78 is 0. The zero-order valence-electron chi connectivity index (χ0n) is 13.1. The molecule has 2 heterocycles. The molecule has 1 aromatic rings. The third kappa shape index (κ3) is 4.43. The maximum absolute atomic E-state index is 12.3. The topological polar surface area (TPSA) is 57.3 Å². The van der Waals surface area contributed by atoms with Crippen molar-refractivity contribution in [2.24, 2.45) is 5.92 Å². The first-order valence-corrected chi connectivity index (χ1v) is 7.94. The average molecular weight is 290 g/mol. The maximum atomic E-state index is 12.3. The predicted molar refractivity (Wildman–Crippen MR) is 85.6 cm³/mol. The largest absolute Gasteiger partial charge is 0.370 e. The Bertz CT molecular complexity index is 455. The molecule has 1 amide bonds. The van der Waals surface area contributed by atoms with Gasteiger partial charge in [-0.1, -0.05) is 6.92 Å². The van der Waals surface area contributed by atoms with Crippen LogP contribution in [0.15, 0.2) is 18.3 Å². The first-order valence-electron chi connectivity index (χ1n) is 7.94. The van der Waals surface area contributed by atoms with Crippen molar-refractivity contribution in [3.63, 3.8) is 0 Å². The molecule has 5 nitrogen and oxygen atoms in total. The number of pyridine rings is 1. The molecule has 0 saturated carbocycles. The summed E-state index contributed by atoms with van der Waals surface area (Å²) in [5.41, 5.74) is 0.630. The average Bonchev–Trinajstić information content (AvgIpc) is 2.54. The molecule has 0 spiro atoms. The molecule has 2 rings (SSSR count).